The Labute approximate surface area is 261 Å². The second-order valence-corrected chi connectivity index (χ2v) is 11.3. The molecule has 230 valence electrons. The van der Waals surface area contributed by atoms with Crippen molar-refractivity contribution in [2.45, 2.75) is 70.8 Å². The van der Waals surface area contributed by atoms with Crippen molar-refractivity contribution in [1.29, 1.82) is 0 Å². The molecule has 1 aliphatic carbocycles. The fraction of sp³-hybridized carbons (Fsp3) is 0.441. The molecule has 1 aromatic carbocycles. The summed E-state index contributed by atoms with van der Waals surface area (Å²) in [4.78, 5) is 33.9. The number of rotatable bonds is 4. The number of phenolic OH excluding ortho intramolecular Hbond substituents is 1. The molecule has 0 bridgehead atoms. The number of amides is 2. The monoisotopic (exact) mass is 605 g/mol. The number of aromatic nitrogens is 1. The van der Waals surface area contributed by atoms with E-state index in [1.54, 1.807) is 11.0 Å². The lowest BCUT2D eigenvalue weighted by molar-refractivity contribution is -0.126. The maximum absolute atomic E-state index is 13.4. The van der Waals surface area contributed by atoms with Crippen LogP contribution >= 0.6 is 11.6 Å². The highest BCUT2D eigenvalue weighted by atomic mass is 35.5. The zero-order valence-electron chi connectivity index (χ0n) is 25.5. The van der Waals surface area contributed by atoms with E-state index in [4.69, 9.17) is 11.6 Å². The minimum absolute atomic E-state index is 0.160. The zero-order chi connectivity index (χ0) is 31.5. The van der Waals surface area contributed by atoms with Gasteiger partial charge >= 0.3 is 0 Å². The fourth-order valence-electron chi connectivity index (χ4n) is 5.68. The molecule has 1 unspecified atom stereocenters. The van der Waals surface area contributed by atoms with Crippen LogP contribution in [-0.4, -0.2) is 59.5 Å². The number of halogens is 1. The van der Waals surface area contributed by atoms with E-state index in [9.17, 15) is 14.7 Å². The molecule has 0 radical (unpaired) electrons. The summed E-state index contributed by atoms with van der Waals surface area (Å²) in [5.74, 6) is 0.322. The van der Waals surface area contributed by atoms with Gasteiger partial charge in [-0.05, 0) is 67.0 Å². The molecule has 1 saturated carbocycles. The average Bonchev–Trinajstić information content (AvgIpc) is 3.17. The van der Waals surface area contributed by atoms with Gasteiger partial charge in [0.25, 0.3) is 5.91 Å². The highest BCUT2D eigenvalue weighted by molar-refractivity contribution is 6.29. The van der Waals surface area contributed by atoms with Gasteiger partial charge < -0.3 is 25.5 Å². The number of benzene rings is 1. The van der Waals surface area contributed by atoms with E-state index in [1.807, 2.05) is 24.1 Å². The van der Waals surface area contributed by atoms with Gasteiger partial charge in [0.05, 0.1) is 23.0 Å². The van der Waals surface area contributed by atoms with Crippen molar-refractivity contribution in [3.8, 4) is 18.6 Å². The minimum Gasteiger partial charge on any atom is -0.506 e. The van der Waals surface area contributed by atoms with E-state index in [1.165, 1.54) is 30.7 Å². The van der Waals surface area contributed by atoms with Crippen LogP contribution in [0.25, 0.3) is 0 Å². The molecule has 1 atom stereocenters. The number of anilines is 2. The lowest BCUT2D eigenvalue weighted by Gasteiger charge is -2.33. The Morgan fingerprint density at radius 1 is 1.23 bits per heavy atom. The molecular formula is C34H44ClN5O3. The van der Waals surface area contributed by atoms with Gasteiger partial charge in [-0.15, -0.1) is 12.8 Å². The quantitative estimate of drug-likeness (QED) is 0.209. The number of carbonyl (C=O) groups excluding carboxylic acids is 2. The molecule has 8 nitrogen and oxygen atoms in total. The summed E-state index contributed by atoms with van der Waals surface area (Å²) in [6.45, 7) is 9.36. The van der Waals surface area contributed by atoms with Gasteiger partial charge in [0.1, 0.15) is 10.9 Å². The first-order valence-electron chi connectivity index (χ1n) is 15.0. The Bertz CT molecular complexity index is 1350. The number of likely N-dealkylation sites (tertiary alicyclic amines) is 1. The molecule has 43 heavy (non-hydrogen) atoms. The third kappa shape index (κ3) is 8.11. The molecule has 2 fully saturated rings. The molecule has 0 spiro atoms. The van der Waals surface area contributed by atoms with Crippen LogP contribution in [0.3, 0.4) is 0 Å². The predicted octanol–water partition coefficient (Wildman–Crippen LogP) is 6.49. The number of hydrogen-bond acceptors (Lipinski definition) is 6. The minimum atomic E-state index is -0.413. The largest absolute Gasteiger partial charge is 0.506 e. The van der Waals surface area contributed by atoms with Crippen LogP contribution in [-0.2, 0) is 4.79 Å². The normalized spacial score (nSPS) is 20.0. The smallest absolute Gasteiger partial charge is 0.255 e. The Morgan fingerprint density at radius 2 is 1.95 bits per heavy atom. The lowest BCUT2D eigenvalue weighted by atomic mass is 9.80. The zero-order valence-corrected chi connectivity index (χ0v) is 26.3. The second kappa shape index (κ2) is 16.0. The molecule has 9 heteroatoms. The number of pyridine rings is 1. The van der Waals surface area contributed by atoms with E-state index < -0.39 is 6.04 Å². The SMILES string of the molecule is C#C.C=CC(=O)N1CCC/C2=C(\N(C)c3ccc(C4CCC4)cc3O)CCNc3cc(Cl)ncc3C(=O)NC2C1.CCC. The second-order valence-electron chi connectivity index (χ2n) is 11.0. The highest BCUT2D eigenvalue weighted by Gasteiger charge is 2.31. The molecule has 2 aliphatic heterocycles. The van der Waals surface area contributed by atoms with Crippen molar-refractivity contribution in [3.05, 3.63) is 70.7 Å². The summed E-state index contributed by atoms with van der Waals surface area (Å²) >= 11 is 6.14. The third-order valence-corrected chi connectivity index (χ3v) is 8.20. The Hall–Kier alpha value is -3.96. The molecule has 3 aliphatic rings. The highest BCUT2D eigenvalue weighted by Crippen LogP contribution is 2.41. The van der Waals surface area contributed by atoms with Gasteiger partial charge in [0.2, 0.25) is 5.91 Å². The first-order chi connectivity index (χ1) is 20.8. The topological polar surface area (TPSA) is 97.8 Å². The van der Waals surface area contributed by atoms with Crippen molar-refractivity contribution >= 4 is 34.8 Å². The van der Waals surface area contributed by atoms with Crippen LogP contribution < -0.4 is 15.5 Å². The van der Waals surface area contributed by atoms with Gasteiger partial charge in [-0.3, -0.25) is 9.59 Å². The predicted molar refractivity (Wildman–Crippen MR) is 176 cm³/mol. The van der Waals surface area contributed by atoms with Gasteiger partial charge in [0, 0.05) is 45.0 Å². The van der Waals surface area contributed by atoms with E-state index in [2.05, 4.69) is 55.0 Å². The maximum Gasteiger partial charge on any atom is 0.255 e. The van der Waals surface area contributed by atoms with Crippen molar-refractivity contribution in [2.24, 2.45) is 0 Å². The standard InChI is InChI=1S/C29H34ClN5O3.C3H8.C2H2/c1-3-28(37)35-13-5-8-20-23(17-35)33-29(38)21-16-32-27(30)15-22(21)31-12-11-24(20)34(2)25-10-9-19(14-26(25)36)18-6-4-7-18;1-3-2;1-2/h3,9-10,14-16,18,23,31,36H,1,4-8,11-13,17H2,2H3,(H,33,38);3H2,1-2H3;1-2H/b24-20+;;. The molecule has 1 aromatic heterocycles. The van der Waals surface area contributed by atoms with Crippen LogP contribution in [0.15, 0.2) is 54.4 Å². The van der Waals surface area contributed by atoms with Crippen LogP contribution in [0.5, 0.6) is 5.75 Å². The van der Waals surface area contributed by atoms with E-state index in [0.29, 0.717) is 60.5 Å². The number of phenols is 1. The number of nitrogens with one attached hydrogen (secondary N) is 2. The summed E-state index contributed by atoms with van der Waals surface area (Å²) in [7, 11) is 1.96. The molecule has 1 saturated heterocycles. The molecule has 2 amide bonds. The fourth-order valence-corrected chi connectivity index (χ4v) is 5.84. The number of carbonyl (C=O) groups is 2. The van der Waals surface area contributed by atoms with Gasteiger partial charge in [-0.2, -0.15) is 0 Å². The van der Waals surface area contributed by atoms with Crippen LogP contribution in [0.1, 0.15) is 80.6 Å². The summed E-state index contributed by atoms with van der Waals surface area (Å²) in [5, 5.41) is 17.9. The summed E-state index contributed by atoms with van der Waals surface area (Å²) < 4.78 is 0. The third-order valence-electron chi connectivity index (χ3n) is 7.99. The Balaban J connectivity index is 0.000000953. The number of terminal acetylenes is 1. The summed E-state index contributed by atoms with van der Waals surface area (Å²) in [5.41, 5.74) is 4.96. The van der Waals surface area contributed by atoms with Gasteiger partial charge in [-0.25, -0.2) is 4.98 Å². The first kappa shape index (κ1) is 33.5. The molecule has 5 rings (SSSR count). The van der Waals surface area contributed by atoms with Crippen molar-refractivity contribution in [3.63, 3.8) is 0 Å². The average molecular weight is 606 g/mol. The van der Waals surface area contributed by atoms with Crippen molar-refractivity contribution in [2.75, 3.05) is 36.9 Å². The Kier molecular flexibility index (Phi) is 12.5. The molecule has 3 N–H and O–H groups in total. The van der Waals surface area contributed by atoms with Gasteiger partial charge in [-0.1, -0.05) is 50.9 Å². The Morgan fingerprint density at radius 3 is 2.58 bits per heavy atom. The molecule has 3 heterocycles. The number of hydrogen-bond donors (Lipinski definition) is 3. The van der Waals surface area contributed by atoms with Crippen molar-refractivity contribution < 1.29 is 14.7 Å². The van der Waals surface area contributed by atoms with Gasteiger partial charge in [0.15, 0.2) is 0 Å². The van der Waals surface area contributed by atoms with E-state index >= 15 is 0 Å². The number of nitrogens with zero attached hydrogens (tertiary/aromatic N) is 3. The first-order valence-corrected chi connectivity index (χ1v) is 15.4. The summed E-state index contributed by atoms with van der Waals surface area (Å²) in [6.07, 6.45) is 17.7. The number of aromatic hydroxyl groups is 1. The van der Waals surface area contributed by atoms with E-state index in [-0.39, 0.29) is 17.6 Å². The van der Waals surface area contributed by atoms with Crippen LogP contribution in [0.2, 0.25) is 5.15 Å². The maximum atomic E-state index is 13.4. The lowest BCUT2D eigenvalue weighted by Crippen LogP contribution is -2.46. The molecule has 2 aromatic rings. The van der Waals surface area contributed by atoms with Crippen LogP contribution in [0.4, 0.5) is 11.4 Å². The molecular weight excluding hydrogens is 562 g/mol. The number of fused-ring (bicyclic) bond motifs is 2. The van der Waals surface area contributed by atoms with Crippen molar-refractivity contribution in [1.82, 2.24) is 15.2 Å². The van der Waals surface area contributed by atoms with E-state index in [0.717, 1.165) is 30.5 Å². The van der Waals surface area contributed by atoms with Crippen LogP contribution in [0, 0.1) is 12.8 Å². The summed E-state index contributed by atoms with van der Waals surface area (Å²) in [6, 6.07) is 7.23.